The molecule has 0 fully saturated rings. The van der Waals surface area contributed by atoms with Crippen LogP contribution in [0.1, 0.15) is 28.4 Å². The predicted molar refractivity (Wildman–Crippen MR) is 116 cm³/mol. The number of methoxy groups -OCH3 is 2. The van der Waals surface area contributed by atoms with Crippen molar-refractivity contribution in [3.05, 3.63) is 83.7 Å². The van der Waals surface area contributed by atoms with E-state index < -0.39 is 5.97 Å². The molecular weight excluding hydrogens is 380 g/mol. The van der Waals surface area contributed by atoms with Crippen LogP contribution in [0.5, 0.6) is 11.5 Å². The number of hydrogen-bond acceptors (Lipinski definition) is 6. The summed E-state index contributed by atoms with van der Waals surface area (Å²) >= 11 is 0. The third kappa shape index (κ3) is 5.03. The lowest BCUT2D eigenvalue weighted by Crippen LogP contribution is -2.09. The van der Waals surface area contributed by atoms with Crippen molar-refractivity contribution in [3.63, 3.8) is 0 Å². The van der Waals surface area contributed by atoms with Gasteiger partial charge in [-0.05, 0) is 30.2 Å². The highest BCUT2D eigenvalue weighted by Gasteiger charge is 2.19. The largest absolute Gasteiger partial charge is 0.493 e. The fraction of sp³-hybridized carbons (Fsp3) is 0.208. The predicted octanol–water partition coefficient (Wildman–Crippen LogP) is 4.64. The Balaban J connectivity index is 2.16. The number of pyridine rings is 1. The van der Waals surface area contributed by atoms with Crippen LogP contribution in [-0.4, -0.2) is 37.5 Å². The van der Waals surface area contributed by atoms with Gasteiger partial charge in [0.05, 0.1) is 37.8 Å². The van der Waals surface area contributed by atoms with Crippen molar-refractivity contribution in [1.29, 1.82) is 0 Å². The van der Waals surface area contributed by atoms with Crippen molar-refractivity contribution in [2.75, 3.05) is 20.8 Å². The van der Waals surface area contributed by atoms with Crippen LogP contribution in [0, 0.1) is 0 Å². The molecule has 0 aliphatic heterocycles. The number of aliphatic imine (C=N–C) groups is 1. The first-order valence-electron chi connectivity index (χ1n) is 9.61. The molecule has 0 spiro atoms. The molecule has 3 rings (SSSR count). The smallest absolute Gasteiger partial charge is 0.340 e. The summed E-state index contributed by atoms with van der Waals surface area (Å²) in [5.74, 6) is 0.462. The lowest BCUT2D eigenvalue weighted by Gasteiger charge is -2.14. The average Bonchev–Trinajstić information content (AvgIpc) is 2.79. The normalized spacial score (nSPS) is 11.1. The number of nitrogens with zero attached hydrogens (tertiary/aromatic N) is 2. The molecule has 6 heteroatoms. The lowest BCUT2D eigenvalue weighted by molar-refractivity contribution is 0.0527. The summed E-state index contributed by atoms with van der Waals surface area (Å²) in [7, 11) is 3.07. The Labute approximate surface area is 176 Å². The van der Waals surface area contributed by atoms with Crippen molar-refractivity contribution in [3.8, 4) is 11.5 Å². The van der Waals surface area contributed by atoms with E-state index in [9.17, 15) is 4.79 Å². The van der Waals surface area contributed by atoms with Crippen molar-refractivity contribution in [2.24, 2.45) is 4.99 Å². The van der Waals surface area contributed by atoms with Crippen LogP contribution in [0.4, 0.5) is 5.69 Å². The van der Waals surface area contributed by atoms with Gasteiger partial charge in [-0.25, -0.2) is 4.79 Å². The molecule has 1 heterocycles. The maximum Gasteiger partial charge on any atom is 0.340 e. The third-order valence-electron chi connectivity index (χ3n) is 4.48. The van der Waals surface area contributed by atoms with Crippen molar-refractivity contribution >= 4 is 17.4 Å². The van der Waals surface area contributed by atoms with Gasteiger partial charge in [-0.1, -0.05) is 30.3 Å². The van der Waals surface area contributed by atoms with Gasteiger partial charge in [-0.15, -0.1) is 0 Å². The van der Waals surface area contributed by atoms with E-state index in [-0.39, 0.29) is 6.61 Å². The highest BCUT2D eigenvalue weighted by Crippen LogP contribution is 2.36. The van der Waals surface area contributed by atoms with Gasteiger partial charge in [0.1, 0.15) is 0 Å². The van der Waals surface area contributed by atoms with Gasteiger partial charge in [0.2, 0.25) is 0 Å². The van der Waals surface area contributed by atoms with Gasteiger partial charge in [0.15, 0.2) is 11.5 Å². The standard InChI is InChI=1S/C24H24N2O4/c1-4-30-24(27)19-15-22(28-2)23(29-3)16-21(19)26-20(18-8-6-5-7-9-18)14-17-10-12-25-13-11-17/h5-13,15-16H,4,14H2,1-3H3. The van der Waals surface area contributed by atoms with Crippen LogP contribution in [0.25, 0.3) is 0 Å². The number of carbonyl (C=O) groups excluding carboxylic acids is 1. The molecule has 0 saturated heterocycles. The summed E-state index contributed by atoms with van der Waals surface area (Å²) in [6, 6.07) is 17.0. The zero-order chi connectivity index (χ0) is 21.3. The quantitative estimate of drug-likeness (QED) is 0.404. The molecule has 6 nitrogen and oxygen atoms in total. The van der Waals surface area contributed by atoms with E-state index in [4.69, 9.17) is 19.2 Å². The number of rotatable bonds is 8. The molecule has 154 valence electrons. The summed E-state index contributed by atoms with van der Waals surface area (Å²) in [5, 5.41) is 0. The summed E-state index contributed by atoms with van der Waals surface area (Å²) in [6.45, 7) is 2.03. The number of ether oxygens (including phenoxy) is 3. The van der Waals surface area contributed by atoms with E-state index in [0.717, 1.165) is 16.8 Å². The van der Waals surface area contributed by atoms with Crippen molar-refractivity contribution < 1.29 is 19.0 Å². The maximum atomic E-state index is 12.6. The van der Waals surface area contributed by atoms with E-state index in [1.165, 1.54) is 7.11 Å². The Morgan fingerprint density at radius 2 is 1.63 bits per heavy atom. The Bertz CT molecular complexity index is 1020. The molecule has 0 N–H and O–H groups in total. The Kier molecular flexibility index (Phi) is 7.16. The Morgan fingerprint density at radius 3 is 2.27 bits per heavy atom. The van der Waals surface area contributed by atoms with Crippen LogP contribution < -0.4 is 9.47 Å². The van der Waals surface area contributed by atoms with Crippen LogP contribution in [0.15, 0.2) is 72.0 Å². The van der Waals surface area contributed by atoms with Crippen molar-refractivity contribution in [2.45, 2.75) is 13.3 Å². The first-order valence-corrected chi connectivity index (χ1v) is 9.61. The van der Waals surface area contributed by atoms with E-state index in [0.29, 0.717) is 29.2 Å². The van der Waals surface area contributed by atoms with E-state index in [1.54, 1.807) is 38.6 Å². The molecule has 2 aromatic carbocycles. The molecule has 0 radical (unpaired) electrons. The van der Waals surface area contributed by atoms with Gasteiger partial charge in [0, 0.05) is 30.9 Å². The molecule has 0 saturated carbocycles. The summed E-state index contributed by atoms with van der Waals surface area (Å²) < 4.78 is 16.0. The Morgan fingerprint density at radius 1 is 0.967 bits per heavy atom. The topological polar surface area (TPSA) is 70.0 Å². The number of aromatic nitrogens is 1. The van der Waals surface area contributed by atoms with Gasteiger partial charge in [-0.2, -0.15) is 0 Å². The monoisotopic (exact) mass is 404 g/mol. The van der Waals surface area contributed by atoms with E-state index in [1.807, 2.05) is 42.5 Å². The third-order valence-corrected chi connectivity index (χ3v) is 4.48. The average molecular weight is 404 g/mol. The van der Waals surface area contributed by atoms with Gasteiger partial charge in [-0.3, -0.25) is 9.98 Å². The molecule has 0 aliphatic carbocycles. The second-order valence-corrected chi connectivity index (χ2v) is 6.40. The van der Waals surface area contributed by atoms with Gasteiger partial charge >= 0.3 is 5.97 Å². The zero-order valence-electron chi connectivity index (χ0n) is 17.3. The minimum absolute atomic E-state index is 0.263. The molecular formula is C24H24N2O4. The van der Waals surface area contributed by atoms with Crippen LogP contribution >= 0.6 is 0 Å². The minimum Gasteiger partial charge on any atom is -0.493 e. The first kappa shape index (κ1) is 21.0. The van der Waals surface area contributed by atoms with Gasteiger partial charge in [0.25, 0.3) is 0 Å². The maximum absolute atomic E-state index is 12.6. The number of carbonyl (C=O) groups is 1. The molecule has 1 aromatic heterocycles. The molecule has 0 unspecified atom stereocenters. The summed E-state index contributed by atoms with van der Waals surface area (Å²) in [5.41, 5.74) is 3.60. The molecule has 0 bridgehead atoms. The number of esters is 1. The summed E-state index contributed by atoms with van der Waals surface area (Å²) in [4.78, 5) is 21.6. The number of benzene rings is 2. The molecule has 0 amide bonds. The van der Waals surface area contributed by atoms with Crippen molar-refractivity contribution in [1.82, 2.24) is 4.98 Å². The Hall–Kier alpha value is -3.67. The minimum atomic E-state index is -0.464. The fourth-order valence-electron chi connectivity index (χ4n) is 3.01. The first-order chi connectivity index (χ1) is 14.7. The van der Waals surface area contributed by atoms with Crippen LogP contribution in [0.3, 0.4) is 0 Å². The lowest BCUT2D eigenvalue weighted by atomic mass is 10.0. The van der Waals surface area contributed by atoms with E-state index >= 15 is 0 Å². The fourth-order valence-corrected chi connectivity index (χ4v) is 3.01. The molecule has 0 atom stereocenters. The number of hydrogen-bond donors (Lipinski definition) is 0. The molecule has 0 aliphatic rings. The SMILES string of the molecule is CCOC(=O)c1cc(OC)c(OC)cc1N=C(Cc1ccncc1)c1ccccc1. The van der Waals surface area contributed by atoms with Crippen LogP contribution in [0.2, 0.25) is 0 Å². The highest BCUT2D eigenvalue weighted by atomic mass is 16.5. The second-order valence-electron chi connectivity index (χ2n) is 6.40. The van der Waals surface area contributed by atoms with E-state index in [2.05, 4.69) is 4.98 Å². The van der Waals surface area contributed by atoms with Gasteiger partial charge < -0.3 is 14.2 Å². The molecule has 3 aromatic rings. The second kappa shape index (κ2) is 10.2. The van der Waals surface area contributed by atoms with Crippen LogP contribution in [-0.2, 0) is 11.2 Å². The molecule has 30 heavy (non-hydrogen) atoms. The highest BCUT2D eigenvalue weighted by molar-refractivity contribution is 6.05. The summed E-state index contributed by atoms with van der Waals surface area (Å²) in [6.07, 6.45) is 4.07. The zero-order valence-corrected chi connectivity index (χ0v) is 17.3.